The van der Waals surface area contributed by atoms with Crippen LogP contribution in [0.25, 0.3) is 0 Å². The second kappa shape index (κ2) is 5.56. The highest BCUT2D eigenvalue weighted by molar-refractivity contribution is 5.85. The molecule has 104 valence electrons. The molecular formula is C14H14N2O4. The number of nitrogens with one attached hydrogen (secondary N) is 1. The third-order valence-corrected chi connectivity index (χ3v) is 3.22. The summed E-state index contributed by atoms with van der Waals surface area (Å²) in [5.74, 6) is -1.52. The second-order valence-electron chi connectivity index (χ2n) is 4.45. The molecule has 1 aromatic carbocycles. The molecule has 0 unspecified atom stereocenters. The molecule has 6 nitrogen and oxygen atoms in total. The lowest BCUT2D eigenvalue weighted by Crippen LogP contribution is -2.21. The molecule has 1 aliphatic rings. The Labute approximate surface area is 115 Å². The van der Waals surface area contributed by atoms with Gasteiger partial charge in [0, 0.05) is 5.69 Å². The van der Waals surface area contributed by atoms with E-state index in [1.807, 2.05) is 12.1 Å². The Hall–Kier alpha value is -2.63. The maximum Gasteiger partial charge on any atom is 0.409 e. The quantitative estimate of drug-likeness (QED) is 0.380. The summed E-state index contributed by atoms with van der Waals surface area (Å²) in [6, 6.07) is 5.60. The van der Waals surface area contributed by atoms with E-state index in [1.165, 1.54) is 0 Å². The molecular weight excluding hydrogens is 260 g/mol. The first-order chi connectivity index (χ1) is 9.54. The van der Waals surface area contributed by atoms with Gasteiger partial charge in [-0.25, -0.2) is 4.79 Å². The van der Waals surface area contributed by atoms with Crippen LogP contribution in [-0.2, 0) is 17.6 Å². The highest BCUT2D eigenvalue weighted by Gasteiger charge is 2.29. The van der Waals surface area contributed by atoms with Gasteiger partial charge in [0.1, 0.15) is 5.70 Å². The maximum absolute atomic E-state index is 11.0. The van der Waals surface area contributed by atoms with Gasteiger partial charge in [-0.05, 0) is 36.5 Å². The number of anilines is 1. The predicted molar refractivity (Wildman–Crippen MR) is 73.9 cm³/mol. The Kier molecular flexibility index (Phi) is 3.84. The molecule has 1 aliphatic heterocycles. The number of hydrogen-bond acceptors (Lipinski definition) is 4. The minimum absolute atomic E-state index is 0.144. The number of nitrogens with zero attached hydrogens (tertiary/aromatic N) is 1. The second-order valence-corrected chi connectivity index (χ2v) is 4.45. The van der Waals surface area contributed by atoms with Crippen molar-refractivity contribution in [3.05, 3.63) is 63.5 Å². The van der Waals surface area contributed by atoms with Gasteiger partial charge in [0.05, 0.1) is 4.92 Å². The summed E-state index contributed by atoms with van der Waals surface area (Å²) in [6.45, 7) is 3.70. The molecule has 2 rings (SSSR count). The van der Waals surface area contributed by atoms with Crippen LogP contribution < -0.4 is 5.32 Å². The van der Waals surface area contributed by atoms with Crippen LogP contribution >= 0.6 is 0 Å². The summed E-state index contributed by atoms with van der Waals surface area (Å²) >= 11 is 0. The first kappa shape index (κ1) is 13.8. The highest BCUT2D eigenvalue weighted by Crippen LogP contribution is 2.31. The number of carboxylic acids is 1. The maximum atomic E-state index is 11.0. The molecule has 2 N–H and O–H groups in total. The lowest BCUT2D eigenvalue weighted by atomic mass is 9.94. The van der Waals surface area contributed by atoms with E-state index < -0.39 is 16.6 Å². The molecule has 0 atom stereocenters. The number of carboxylic acid groups (broad SMARTS) is 1. The molecule has 0 fully saturated rings. The van der Waals surface area contributed by atoms with E-state index in [0.717, 1.165) is 16.8 Å². The average Bonchev–Trinajstić information content (AvgIpc) is 2.38. The first-order valence-corrected chi connectivity index (χ1v) is 6.14. The van der Waals surface area contributed by atoms with Crippen LogP contribution in [0.15, 0.2) is 42.2 Å². The Morgan fingerprint density at radius 3 is 2.85 bits per heavy atom. The van der Waals surface area contributed by atoms with Gasteiger partial charge in [-0.15, -0.1) is 6.58 Å². The average molecular weight is 274 g/mol. The Bertz CT molecular complexity index is 604. The first-order valence-electron chi connectivity index (χ1n) is 6.14. The summed E-state index contributed by atoms with van der Waals surface area (Å²) in [4.78, 5) is 20.9. The SMILES string of the molecule is C=CCc1cccc2c1CC/C(=C(/C(=O)O)[N+](=O)[O-])N2. The summed E-state index contributed by atoms with van der Waals surface area (Å²) in [6.07, 6.45) is 3.39. The zero-order valence-electron chi connectivity index (χ0n) is 10.8. The number of allylic oxidation sites excluding steroid dienone is 2. The van der Waals surface area contributed by atoms with E-state index in [4.69, 9.17) is 5.11 Å². The standard InChI is InChI=1S/C14H14N2O4/c1-2-4-9-5-3-6-11-10(9)7-8-12(15-11)13(14(17)18)16(19)20/h2-3,5-6,15H,1,4,7-8H2,(H,17,18)/b13-12+. The van der Waals surface area contributed by atoms with E-state index in [-0.39, 0.29) is 5.70 Å². The van der Waals surface area contributed by atoms with Crippen LogP contribution in [0.2, 0.25) is 0 Å². The number of rotatable bonds is 4. The van der Waals surface area contributed by atoms with E-state index in [9.17, 15) is 14.9 Å². The Morgan fingerprint density at radius 2 is 2.25 bits per heavy atom. The van der Waals surface area contributed by atoms with E-state index in [1.54, 1.807) is 12.1 Å². The molecule has 0 aliphatic carbocycles. The van der Waals surface area contributed by atoms with Crippen LogP contribution in [0, 0.1) is 10.1 Å². The molecule has 20 heavy (non-hydrogen) atoms. The van der Waals surface area contributed by atoms with Gasteiger partial charge in [0.25, 0.3) is 0 Å². The van der Waals surface area contributed by atoms with Crippen LogP contribution in [0.5, 0.6) is 0 Å². The lowest BCUT2D eigenvalue weighted by molar-refractivity contribution is -0.422. The minimum Gasteiger partial charge on any atom is -0.473 e. The summed E-state index contributed by atoms with van der Waals surface area (Å²) < 4.78 is 0. The number of hydrogen-bond donors (Lipinski definition) is 2. The minimum atomic E-state index is -1.52. The van der Waals surface area contributed by atoms with Gasteiger partial charge < -0.3 is 10.4 Å². The van der Waals surface area contributed by atoms with Crippen LogP contribution in [0.3, 0.4) is 0 Å². The molecule has 0 amide bonds. The van der Waals surface area contributed by atoms with Gasteiger partial charge in [0.2, 0.25) is 0 Å². The summed E-state index contributed by atoms with van der Waals surface area (Å²) in [7, 11) is 0. The van der Waals surface area contributed by atoms with E-state index in [2.05, 4.69) is 11.9 Å². The molecule has 0 radical (unpaired) electrons. The van der Waals surface area contributed by atoms with Crippen molar-refractivity contribution in [1.29, 1.82) is 0 Å². The normalized spacial score (nSPS) is 15.8. The van der Waals surface area contributed by atoms with Crippen molar-refractivity contribution in [1.82, 2.24) is 0 Å². The van der Waals surface area contributed by atoms with Crippen molar-refractivity contribution in [2.75, 3.05) is 5.32 Å². The molecule has 1 aromatic rings. The zero-order chi connectivity index (χ0) is 14.7. The topological polar surface area (TPSA) is 92.5 Å². The predicted octanol–water partition coefficient (Wildman–Crippen LogP) is 2.35. The third kappa shape index (κ3) is 2.54. The summed E-state index contributed by atoms with van der Waals surface area (Å²) in [5, 5.41) is 22.6. The molecule has 0 aromatic heterocycles. The van der Waals surface area contributed by atoms with Crippen molar-refractivity contribution in [3.8, 4) is 0 Å². The van der Waals surface area contributed by atoms with Crippen molar-refractivity contribution >= 4 is 11.7 Å². The molecule has 1 heterocycles. The highest BCUT2D eigenvalue weighted by atomic mass is 16.6. The number of carbonyl (C=O) groups is 1. The van der Waals surface area contributed by atoms with E-state index >= 15 is 0 Å². The smallest absolute Gasteiger partial charge is 0.409 e. The molecule has 0 saturated heterocycles. The number of aliphatic carboxylic acids is 1. The largest absolute Gasteiger partial charge is 0.473 e. The van der Waals surface area contributed by atoms with Gasteiger partial charge in [0.15, 0.2) is 0 Å². The molecule has 0 bridgehead atoms. The van der Waals surface area contributed by atoms with Crippen molar-refractivity contribution in [3.63, 3.8) is 0 Å². The molecule has 0 saturated carbocycles. The van der Waals surface area contributed by atoms with Gasteiger partial charge in [-0.3, -0.25) is 10.1 Å². The lowest BCUT2D eigenvalue weighted by Gasteiger charge is -2.22. The van der Waals surface area contributed by atoms with Gasteiger partial charge in [-0.1, -0.05) is 18.2 Å². The number of fused-ring (bicyclic) bond motifs is 1. The number of benzene rings is 1. The van der Waals surface area contributed by atoms with Gasteiger partial charge >= 0.3 is 11.7 Å². The third-order valence-electron chi connectivity index (χ3n) is 3.22. The van der Waals surface area contributed by atoms with E-state index in [0.29, 0.717) is 19.3 Å². The fraction of sp³-hybridized carbons (Fsp3) is 0.214. The fourth-order valence-electron chi connectivity index (χ4n) is 2.36. The zero-order valence-corrected chi connectivity index (χ0v) is 10.8. The fourth-order valence-corrected chi connectivity index (χ4v) is 2.36. The monoisotopic (exact) mass is 274 g/mol. The Balaban J connectivity index is 2.43. The summed E-state index contributed by atoms with van der Waals surface area (Å²) in [5.41, 5.74) is 2.24. The van der Waals surface area contributed by atoms with Crippen molar-refractivity contribution in [2.24, 2.45) is 0 Å². The number of nitro groups is 1. The van der Waals surface area contributed by atoms with Crippen LogP contribution in [0.4, 0.5) is 5.69 Å². The molecule has 0 spiro atoms. The Morgan fingerprint density at radius 1 is 1.50 bits per heavy atom. The van der Waals surface area contributed by atoms with Crippen molar-refractivity contribution in [2.45, 2.75) is 19.3 Å². The van der Waals surface area contributed by atoms with Crippen molar-refractivity contribution < 1.29 is 14.8 Å². The van der Waals surface area contributed by atoms with Crippen LogP contribution in [-0.4, -0.2) is 16.0 Å². The van der Waals surface area contributed by atoms with Crippen LogP contribution in [0.1, 0.15) is 17.5 Å². The van der Waals surface area contributed by atoms with Gasteiger partial charge in [-0.2, -0.15) is 0 Å². The molecule has 6 heteroatoms.